The zero-order valence-electron chi connectivity index (χ0n) is 8.95. The molecule has 1 unspecified atom stereocenters. The van der Waals surface area contributed by atoms with Crippen molar-refractivity contribution in [2.75, 3.05) is 14.1 Å². The van der Waals surface area contributed by atoms with Crippen molar-refractivity contribution in [3.05, 3.63) is 39.9 Å². The molecule has 16 heavy (non-hydrogen) atoms. The second kappa shape index (κ2) is 4.71. The van der Waals surface area contributed by atoms with Gasteiger partial charge in [0, 0.05) is 12.1 Å². The summed E-state index contributed by atoms with van der Waals surface area (Å²) in [5, 5.41) is 19.6. The Morgan fingerprint density at radius 2 is 2.12 bits per heavy atom. The highest BCUT2D eigenvalue weighted by atomic mass is 16.6. The normalized spacial score (nSPS) is 12.4. The summed E-state index contributed by atoms with van der Waals surface area (Å²) < 4.78 is 0. The Morgan fingerprint density at radius 3 is 2.56 bits per heavy atom. The summed E-state index contributed by atoms with van der Waals surface area (Å²) in [5.41, 5.74) is 0.289. The molecule has 1 N–H and O–H groups in total. The van der Waals surface area contributed by atoms with Crippen LogP contribution < -0.4 is 0 Å². The van der Waals surface area contributed by atoms with E-state index in [1.165, 1.54) is 23.1 Å². The third-order valence-electron chi connectivity index (χ3n) is 2.15. The average Bonchev–Trinajstić information content (AvgIpc) is 2.16. The first kappa shape index (κ1) is 12.1. The third-order valence-corrected chi connectivity index (χ3v) is 2.15. The molecule has 0 aliphatic carbocycles. The third kappa shape index (κ3) is 2.54. The maximum absolute atomic E-state index is 11.0. The molecule has 0 aliphatic rings. The lowest BCUT2D eigenvalue weighted by Crippen LogP contribution is -2.27. The van der Waals surface area contributed by atoms with Gasteiger partial charge in [0.15, 0.2) is 0 Å². The standard InChI is InChI=1S/C10H12N2O4/c1-11(2)9(10(13)14)7-4-3-5-8(6-7)12(15)16/h3-6,9H,1-2H3,(H,13,14). The fraction of sp³-hybridized carbons (Fsp3) is 0.300. The number of aliphatic carboxylic acids is 1. The van der Waals surface area contributed by atoms with Crippen molar-refractivity contribution in [3.8, 4) is 0 Å². The summed E-state index contributed by atoms with van der Waals surface area (Å²) in [7, 11) is 3.22. The molecular formula is C10H12N2O4. The van der Waals surface area contributed by atoms with Gasteiger partial charge in [0.25, 0.3) is 5.69 Å². The Bertz CT molecular complexity index is 417. The number of likely N-dealkylation sites (N-methyl/N-ethyl adjacent to an activating group) is 1. The molecule has 0 aromatic heterocycles. The zero-order valence-corrected chi connectivity index (χ0v) is 8.95. The van der Waals surface area contributed by atoms with Crippen LogP contribution in [-0.4, -0.2) is 35.0 Å². The fourth-order valence-electron chi connectivity index (χ4n) is 1.47. The summed E-state index contributed by atoms with van der Waals surface area (Å²) in [6.07, 6.45) is 0. The highest BCUT2D eigenvalue weighted by Crippen LogP contribution is 2.22. The molecule has 0 amide bonds. The molecule has 0 radical (unpaired) electrons. The van der Waals surface area contributed by atoms with Gasteiger partial charge >= 0.3 is 5.97 Å². The van der Waals surface area contributed by atoms with Gasteiger partial charge in [-0.15, -0.1) is 0 Å². The van der Waals surface area contributed by atoms with Gasteiger partial charge < -0.3 is 5.11 Å². The maximum Gasteiger partial charge on any atom is 0.325 e. The Balaban J connectivity index is 3.15. The first-order valence-corrected chi connectivity index (χ1v) is 4.57. The summed E-state index contributed by atoms with van der Waals surface area (Å²) in [6, 6.07) is 4.77. The van der Waals surface area contributed by atoms with Gasteiger partial charge in [-0.25, -0.2) is 0 Å². The smallest absolute Gasteiger partial charge is 0.325 e. The quantitative estimate of drug-likeness (QED) is 0.615. The molecule has 0 saturated carbocycles. The van der Waals surface area contributed by atoms with E-state index in [1.54, 1.807) is 20.2 Å². The predicted octanol–water partition coefficient (Wildman–Crippen LogP) is 1.28. The maximum atomic E-state index is 11.0. The Hall–Kier alpha value is -1.95. The molecule has 1 rings (SSSR count). The molecule has 0 spiro atoms. The van der Waals surface area contributed by atoms with E-state index in [0.717, 1.165) is 0 Å². The van der Waals surface area contributed by atoms with Crippen LogP contribution in [0.25, 0.3) is 0 Å². The summed E-state index contributed by atoms with van der Waals surface area (Å²) in [4.78, 5) is 22.5. The number of hydrogen-bond donors (Lipinski definition) is 1. The van der Waals surface area contributed by atoms with Crippen LogP contribution in [0.3, 0.4) is 0 Å². The molecule has 0 saturated heterocycles. The van der Waals surface area contributed by atoms with E-state index in [4.69, 9.17) is 5.11 Å². The van der Waals surface area contributed by atoms with Crippen molar-refractivity contribution in [1.29, 1.82) is 0 Å². The molecule has 1 aromatic carbocycles. The van der Waals surface area contributed by atoms with Crippen LogP contribution in [0.4, 0.5) is 5.69 Å². The van der Waals surface area contributed by atoms with Gasteiger partial charge in [0.1, 0.15) is 6.04 Å². The number of nitro benzene ring substituents is 1. The first-order valence-electron chi connectivity index (χ1n) is 4.57. The minimum Gasteiger partial charge on any atom is -0.480 e. The van der Waals surface area contributed by atoms with Crippen LogP contribution in [0.2, 0.25) is 0 Å². The summed E-state index contributed by atoms with van der Waals surface area (Å²) >= 11 is 0. The number of carbonyl (C=O) groups is 1. The number of non-ortho nitro benzene ring substituents is 1. The second-order valence-electron chi connectivity index (χ2n) is 3.56. The second-order valence-corrected chi connectivity index (χ2v) is 3.56. The molecule has 6 heteroatoms. The number of carboxylic acids is 1. The van der Waals surface area contributed by atoms with Gasteiger partial charge in [0.2, 0.25) is 0 Å². The summed E-state index contributed by atoms with van der Waals surface area (Å²) in [6.45, 7) is 0. The molecule has 1 atom stereocenters. The van der Waals surface area contributed by atoms with E-state index in [1.807, 2.05) is 0 Å². The van der Waals surface area contributed by atoms with Crippen LogP contribution in [-0.2, 0) is 4.79 Å². The van der Waals surface area contributed by atoms with E-state index in [2.05, 4.69) is 0 Å². The van der Waals surface area contributed by atoms with Crippen LogP contribution in [0, 0.1) is 10.1 Å². The van der Waals surface area contributed by atoms with Crippen molar-refractivity contribution in [3.63, 3.8) is 0 Å². The molecule has 0 aliphatic heterocycles. The van der Waals surface area contributed by atoms with Crippen molar-refractivity contribution in [1.82, 2.24) is 4.90 Å². The van der Waals surface area contributed by atoms with Crippen molar-refractivity contribution < 1.29 is 14.8 Å². The Labute approximate surface area is 92.3 Å². The molecule has 0 heterocycles. The lowest BCUT2D eigenvalue weighted by Gasteiger charge is -2.19. The van der Waals surface area contributed by atoms with Crippen molar-refractivity contribution in [2.45, 2.75) is 6.04 Å². The van der Waals surface area contributed by atoms with Gasteiger partial charge in [-0.05, 0) is 19.7 Å². The number of rotatable bonds is 4. The molecular weight excluding hydrogens is 212 g/mol. The van der Waals surface area contributed by atoms with Gasteiger partial charge in [-0.1, -0.05) is 12.1 Å². The lowest BCUT2D eigenvalue weighted by molar-refractivity contribution is -0.384. The molecule has 0 fully saturated rings. The predicted molar refractivity (Wildman–Crippen MR) is 57.2 cm³/mol. The van der Waals surface area contributed by atoms with Crippen LogP contribution in [0.5, 0.6) is 0 Å². The lowest BCUT2D eigenvalue weighted by atomic mass is 10.1. The van der Waals surface area contributed by atoms with E-state index in [-0.39, 0.29) is 5.69 Å². The zero-order chi connectivity index (χ0) is 12.3. The van der Waals surface area contributed by atoms with E-state index >= 15 is 0 Å². The van der Waals surface area contributed by atoms with E-state index in [9.17, 15) is 14.9 Å². The summed E-state index contributed by atoms with van der Waals surface area (Å²) in [5.74, 6) is -1.04. The SMILES string of the molecule is CN(C)C(C(=O)O)c1cccc([N+](=O)[O-])c1. The Kier molecular flexibility index (Phi) is 3.57. The van der Waals surface area contributed by atoms with E-state index in [0.29, 0.717) is 5.56 Å². The Morgan fingerprint density at radius 1 is 1.50 bits per heavy atom. The van der Waals surface area contributed by atoms with Gasteiger partial charge in [-0.3, -0.25) is 19.8 Å². The number of nitro groups is 1. The number of benzene rings is 1. The fourth-order valence-corrected chi connectivity index (χ4v) is 1.47. The first-order chi connectivity index (χ1) is 7.43. The number of nitrogens with zero attached hydrogens (tertiary/aromatic N) is 2. The minimum atomic E-state index is -1.04. The topological polar surface area (TPSA) is 83.7 Å². The monoisotopic (exact) mass is 224 g/mol. The molecule has 1 aromatic rings. The average molecular weight is 224 g/mol. The highest BCUT2D eigenvalue weighted by Gasteiger charge is 2.23. The highest BCUT2D eigenvalue weighted by molar-refractivity contribution is 5.75. The van der Waals surface area contributed by atoms with Crippen molar-refractivity contribution >= 4 is 11.7 Å². The van der Waals surface area contributed by atoms with Crippen LogP contribution in [0.1, 0.15) is 11.6 Å². The molecule has 86 valence electrons. The molecule has 0 bridgehead atoms. The van der Waals surface area contributed by atoms with Crippen LogP contribution >= 0.6 is 0 Å². The van der Waals surface area contributed by atoms with Gasteiger partial charge in [-0.2, -0.15) is 0 Å². The molecule has 6 nitrogen and oxygen atoms in total. The van der Waals surface area contributed by atoms with E-state index < -0.39 is 16.9 Å². The minimum absolute atomic E-state index is 0.106. The largest absolute Gasteiger partial charge is 0.480 e. The number of hydrogen-bond acceptors (Lipinski definition) is 4. The number of carboxylic acid groups (broad SMARTS) is 1. The van der Waals surface area contributed by atoms with Crippen molar-refractivity contribution in [2.24, 2.45) is 0 Å². The van der Waals surface area contributed by atoms with Gasteiger partial charge in [0.05, 0.1) is 4.92 Å². The van der Waals surface area contributed by atoms with Crippen LogP contribution in [0.15, 0.2) is 24.3 Å².